The maximum Gasteiger partial charge on any atom is 0.225 e. The molecule has 1 amide bonds. The smallest absolute Gasteiger partial charge is 0.225 e. The van der Waals surface area contributed by atoms with E-state index >= 15 is 0 Å². The van der Waals surface area contributed by atoms with Crippen molar-refractivity contribution < 1.29 is 4.79 Å². The number of hydrogen-bond donors (Lipinski definition) is 1. The quantitative estimate of drug-likeness (QED) is 0.927. The van der Waals surface area contributed by atoms with Crippen LogP contribution in [0.2, 0.25) is 0 Å². The van der Waals surface area contributed by atoms with Gasteiger partial charge in [0.05, 0.1) is 0 Å². The Morgan fingerprint density at radius 1 is 1.13 bits per heavy atom. The summed E-state index contributed by atoms with van der Waals surface area (Å²) in [6.07, 6.45) is 6.78. The lowest BCUT2D eigenvalue weighted by Crippen LogP contribution is -2.40. The topological polar surface area (TPSA) is 58.1 Å². The van der Waals surface area contributed by atoms with Crippen molar-refractivity contribution in [2.75, 3.05) is 24.5 Å². The van der Waals surface area contributed by atoms with Gasteiger partial charge in [0.15, 0.2) is 0 Å². The van der Waals surface area contributed by atoms with E-state index in [0.717, 1.165) is 62.7 Å². The minimum absolute atomic E-state index is 0.277. The molecule has 1 saturated heterocycles. The molecule has 1 aromatic rings. The zero-order valence-corrected chi connectivity index (χ0v) is 14.3. The summed E-state index contributed by atoms with van der Waals surface area (Å²) in [4.78, 5) is 23.5. The van der Waals surface area contributed by atoms with Crippen molar-refractivity contribution in [2.45, 2.75) is 52.4 Å². The number of carbonyl (C=O) groups excluding carboxylic acids is 1. The van der Waals surface area contributed by atoms with Crippen molar-refractivity contribution >= 4 is 11.9 Å². The van der Waals surface area contributed by atoms with E-state index in [1.807, 2.05) is 19.9 Å². The number of amides is 1. The molecule has 2 heterocycles. The number of rotatable bonds is 4. The summed E-state index contributed by atoms with van der Waals surface area (Å²) in [7, 11) is 0. The Morgan fingerprint density at radius 2 is 1.74 bits per heavy atom. The molecule has 1 aliphatic carbocycles. The third-order valence-electron chi connectivity index (χ3n) is 5.16. The van der Waals surface area contributed by atoms with E-state index in [0.29, 0.717) is 5.92 Å². The zero-order chi connectivity index (χ0) is 16.2. The number of hydrogen-bond acceptors (Lipinski definition) is 4. The minimum atomic E-state index is 0.277. The molecule has 5 heteroatoms. The molecule has 2 aliphatic rings. The summed E-state index contributed by atoms with van der Waals surface area (Å²) < 4.78 is 0. The third kappa shape index (κ3) is 4.21. The van der Waals surface area contributed by atoms with Crippen LogP contribution in [0.1, 0.15) is 49.9 Å². The maximum atomic E-state index is 12.1. The molecule has 1 aromatic heterocycles. The Balaban J connectivity index is 1.45. The van der Waals surface area contributed by atoms with E-state index in [1.165, 1.54) is 12.8 Å². The van der Waals surface area contributed by atoms with E-state index < -0.39 is 0 Å². The van der Waals surface area contributed by atoms with E-state index in [-0.39, 0.29) is 11.8 Å². The van der Waals surface area contributed by atoms with Crippen molar-refractivity contribution in [2.24, 2.45) is 11.8 Å². The monoisotopic (exact) mass is 316 g/mol. The number of aromatic nitrogens is 2. The summed E-state index contributed by atoms with van der Waals surface area (Å²) in [6, 6.07) is 2.01. The van der Waals surface area contributed by atoms with Crippen LogP contribution < -0.4 is 10.2 Å². The minimum Gasteiger partial charge on any atom is -0.356 e. The van der Waals surface area contributed by atoms with Crippen LogP contribution in [0.5, 0.6) is 0 Å². The van der Waals surface area contributed by atoms with Crippen LogP contribution >= 0.6 is 0 Å². The second-order valence-corrected chi connectivity index (χ2v) is 7.11. The van der Waals surface area contributed by atoms with Gasteiger partial charge in [-0.1, -0.05) is 12.8 Å². The molecule has 3 rings (SSSR count). The summed E-state index contributed by atoms with van der Waals surface area (Å²) >= 11 is 0. The second-order valence-electron chi connectivity index (χ2n) is 7.11. The van der Waals surface area contributed by atoms with Gasteiger partial charge in [0, 0.05) is 36.9 Å². The van der Waals surface area contributed by atoms with Crippen molar-refractivity contribution in [3.8, 4) is 0 Å². The number of nitrogens with zero attached hydrogens (tertiary/aromatic N) is 3. The van der Waals surface area contributed by atoms with Crippen molar-refractivity contribution in [1.82, 2.24) is 15.3 Å². The van der Waals surface area contributed by atoms with E-state index in [9.17, 15) is 4.79 Å². The Hall–Kier alpha value is -1.65. The molecule has 126 valence electrons. The maximum absolute atomic E-state index is 12.1. The molecule has 0 aromatic carbocycles. The van der Waals surface area contributed by atoms with E-state index in [4.69, 9.17) is 0 Å². The lowest BCUT2D eigenvalue weighted by Gasteiger charge is -2.32. The fourth-order valence-electron chi connectivity index (χ4n) is 3.76. The Morgan fingerprint density at radius 3 is 2.35 bits per heavy atom. The molecule has 0 atom stereocenters. The number of anilines is 1. The Labute approximate surface area is 138 Å². The van der Waals surface area contributed by atoms with Crippen LogP contribution in [-0.2, 0) is 4.79 Å². The van der Waals surface area contributed by atoms with E-state index in [1.54, 1.807) is 0 Å². The van der Waals surface area contributed by atoms with Gasteiger partial charge < -0.3 is 10.2 Å². The van der Waals surface area contributed by atoms with Crippen LogP contribution in [0.25, 0.3) is 0 Å². The highest BCUT2D eigenvalue weighted by molar-refractivity contribution is 5.78. The normalized spacial score (nSPS) is 20.0. The lowest BCUT2D eigenvalue weighted by atomic mass is 9.96. The lowest BCUT2D eigenvalue weighted by molar-refractivity contribution is -0.125. The van der Waals surface area contributed by atoms with Gasteiger partial charge in [-0.15, -0.1) is 0 Å². The van der Waals surface area contributed by atoms with Crippen LogP contribution in [0, 0.1) is 25.7 Å². The number of carbonyl (C=O) groups is 1. The fraction of sp³-hybridized carbons (Fsp3) is 0.722. The SMILES string of the molecule is Cc1cc(C)nc(N2CCC(CNC(=O)C3CCCC3)CC2)n1. The molecule has 1 saturated carbocycles. The molecule has 0 radical (unpaired) electrons. The highest BCUT2D eigenvalue weighted by Crippen LogP contribution is 2.25. The Kier molecular flexibility index (Phi) is 5.13. The summed E-state index contributed by atoms with van der Waals surface area (Å²) in [5, 5.41) is 3.18. The van der Waals surface area contributed by atoms with Gasteiger partial charge in [0.1, 0.15) is 0 Å². The molecule has 23 heavy (non-hydrogen) atoms. The van der Waals surface area contributed by atoms with Crippen molar-refractivity contribution in [1.29, 1.82) is 0 Å². The predicted molar refractivity (Wildman–Crippen MR) is 91.4 cm³/mol. The van der Waals surface area contributed by atoms with Gasteiger partial charge in [0.2, 0.25) is 11.9 Å². The fourth-order valence-corrected chi connectivity index (χ4v) is 3.76. The summed E-state index contributed by atoms with van der Waals surface area (Å²) in [6.45, 7) is 6.82. The van der Waals surface area contributed by atoms with Gasteiger partial charge in [-0.25, -0.2) is 9.97 Å². The number of aryl methyl sites for hydroxylation is 2. The van der Waals surface area contributed by atoms with Crippen molar-refractivity contribution in [3.63, 3.8) is 0 Å². The molecule has 0 spiro atoms. The van der Waals surface area contributed by atoms with Gasteiger partial charge >= 0.3 is 0 Å². The van der Waals surface area contributed by atoms with Crippen LogP contribution in [-0.4, -0.2) is 35.5 Å². The van der Waals surface area contributed by atoms with Crippen LogP contribution in [0.15, 0.2) is 6.07 Å². The molecule has 5 nitrogen and oxygen atoms in total. The standard InChI is InChI=1S/C18H28N4O/c1-13-11-14(2)21-18(20-13)22-9-7-15(8-10-22)12-19-17(23)16-5-3-4-6-16/h11,15-16H,3-10,12H2,1-2H3,(H,19,23). The summed E-state index contributed by atoms with van der Waals surface area (Å²) in [5.41, 5.74) is 2.05. The first kappa shape index (κ1) is 16.2. The highest BCUT2D eigenvalue weighted by atomic mass is 16.1. The van der Waals surface area contributed by atoms with Crippen molar-refractivity contribution in [3.05, 3.63) is 17.5 Å². The van der Waals surface area contributed by atoms with Gasteiger partial charge in [-0.05, 0) is 51.5 Å². The third-order valence-corrected chi connectivity index (χ3v) is 5.16. The Bertz CT molecular complexity index is 526. The first-order chi connectivity index (χ1) is 11.1. The van der Waals surface area contributed by atoms with Crippen LogP contribution in [0.3, 0.4) is 0 Å². The van der Waals surface area contributed by atoms with E-state index in [2.05, 4.69) is 20.2 Å². The largest absolute Gasteiger partial charge is 0.356 e. The predicted octanol–water partition coefficient (Wildman–Crippen LogP) is 2.62. The molecular formula is C18H28N4O. The average molecular weight is 316 g/mol. The molecule has 0 bridgehead atoms. The highest BCUT2D eigenvalue weighted by Gasteiger charge is 2.25. The number of nitrogens with one attached hydrogen (secondary N) is 1. The molecule has 2 fully saturated rings. The van der Waals surface area contributed by atoms with Crippen LogP contribution in [0.4, 0.5) is 5.95 Å². The number of piperidine rings is 1. The molecule has 1 aliphatic heterocycles. The van der Waals surface area contributed by atoms with Gasteiger partial charge in [0.25, 0.3) is 0 Å². The summed E-state index contributed by atoms with van der Waals surface area (Å²) in [5.74, 6) is 2.00. The first-order valence-corrected chi connectivity index (χ1v) is 8.97. The second kappa shape index (κ2) is 7.28. The average Bonchev–Trinajstić information content (AvgIpc) is 3.07. The molecular weight excluding hydrogens is 288 g/mol. The molecule has 1 N–H and O–H groups in total. The first-order valence-electron chi connectivity index (χ1n) is 8.97. The van der Waals surface area contributed by atoms with Gasteiger partial charge in [-0.2, -0.15) is 0 Å². The van der Waals surface area contributed by atoms with Gasteiger partial charge in [-0.3, -0.25) is 4.79 Å². The molecule has 0 unspecified atom stereocenters. The zero-order valence-electron chi connectivity index (χ0n) is 14.3.